The minimum Gasteiger partial charge on any atom is -0.493 e. The zero-order valence-corrected chi connectivity index (χ0v) is 17.4. The number of benzene rings is 1. The lowest BCUT2D eigenvalue weighted by Crippen LogP contribution is -2.69. The van der Waals surface area contributed by atoms with Gasteiger partial charge >= 0.3 is 0 Å². The largest absolute Gasteiger partial charge is 0.493 e. The predicted molar refractivity (Wildman–Crippen MR) is 110 cm³/mol. The van der Waals surface area contributed by atoms with E-state index in [2.05, 4.69) is 21.9 Å². The SMILES string of the molecule is COc1cc2c(cc1OC)[C@]13CCN4CC5=CCO[C@@H]6CC(=O)N2[C@@H]1[C@@H]6[C@@H]5C[C@@H]43.O. The van der Waals surface area contributed by atoms with E-state index in [1.54, 1.807) is 19.8 Å². The van der Waals surface area contributed by atoms with Crippen LogP contribution in [0.4, 0.5) is 5.69 Å². The standard InChI is InChI=1S/C23H26N2O4.H2O/c1-27-16-8-14-15(9-17(16)28-2)25-20(26)10-18-21-13-7-19-23(14,22(21)25)4-5-24(19)11-12(13)3-6-29-18;/h3,8-9,13,18-19,21-22H,4-7,10-11H2,1-2H3;1H2/t13-,18-,19-,21-,22-,23+;/m1./s1. The Hall–Kier alpha value is -2.09. The zero-order valence-electron chi connectivity index (χ0n) is 17.4. The van der Waals surface area contributed by atoms with Crippen molar-refractivity contribution < 1.29 is 24.5 Å². The summed E-state index contributed by atoms with van der Waals surface area (Å²) in [4.78, 5) is 18.3. The van der Waals surface area contributed by atoms with E-state index in [-0.39, 0.29) is 28.9 Å². The number of ether oxygens (including phenoxy) is 3. The molecule has 0 unspecified atom stereocenters. The summed E-state index contributed by atoms with van der Waals surface area (Å²) in [6.45, 7) is 2.80. The molecule has 30 heavy (non-hydrogen) atoms. The van der Waals surface area contributed by atoms with Crippen molar-refractivity contribution in [2.75, 3.05) is 38.8 Å². The molecule has 0 radical (unpaired) electrons. The highest BCUT2D eigenvalue weighted by molar-refractivity contribution is 5.99. The van der Waals surface area contributed by atoms with Gasteiger partial charge in [-0.1, -0.05) is 11.6 Å². The Morgan fingerprint density at radius 2 is 2.00 bits per heavy atom. The van der Waals surface area contributed by atoms with Gasteiger partial charge in [0.15, 0.2) is 11.5 Å². The lowest BCUT2D eigenvalue weighted by molar-refractivity contribution is -0.132. The molecule has 2 N–H and O–H groups in total. The van der Waals surface area contributed by atoms with Crippen molar-refractivity contribution in [2.24, 2.45) is 11.8 Å². The van der Waals surface area contributed by atoms with Crippen LogP contribution in [0.15, 0.2) is 23.8 Å². The average molecular weight is 412 g/mol. The Bertz CT molecular complexity index is 977. The minimum absolute atomic E-state index is 0. The highest BCUT2D eigenvalue weighted by Crippen LogP contribution is 2.66. The van der Waals surface area contributed by atoms with Gasteiger partial charge in [-0.3, -0.25) is 9.69 Å². The number of anilines is 1. The van der Waals surface area contributed by atoms with Crippen LogP contribution >= 0.6 is 0 Å². The predicted octanol–water partition coefficient (Wildman–Crippen LogP) is 1.28. The van der Waals surface area contributed by atoms with E-state index in [0.717, 1.165) is 30.9 Å². The molecule has 3 saturated heterocycles. The molecule has 160 valence electrons. The molecule has 4 fully saturated rings. The van der Waals surface area contributed by atoms with E-state index < -0.39 is 0 Å². The molecule has 1 saturated carbocycles. The maximum atomic E-state index is 13.5. The molecule has 1 spiro atoms. The first-order valence-electron chi connectivity index (χ1n) is 10.8. The Morgan fingerprint density at radius 3 is 2.80 bits per heavy atom. The summed E-state index contributed by atoms with van der Waals surface area (Å²) < 4.78 is 17.6. The first kappa shape index (κ1) is 18.7. The van der Waals surface area contributed by atoms with Crippen LogP contribution < -0.4 is 14.4 Å². The first-order valence-corrected chi connectivity index (χ1v) is 10.8. The van der Waals surface area contributed by atoms with E-state index in [1.165, 1.54) is 12.0 Å². The molecular formula is C23H28N2O5. The molecule has 1 aromatic rings. The Morgan fingerprint density at radius 1 is 1.20 bits per heavy atom. The van der Waals surface area contributed by atoms with Crippen LogP contribution in [-0.4, -0.2) is 68.4 Å². The second-order valence-corrected chi connectivity index (χ2v) is 9.48. The summed E-state index contributed by atoms with van der Waals surface area (Å²) >= 11 is 0. The van der Waals surface area contributed by atoms with Crippen LogP contribution in [-0.2, 0) is 14.9 Å². The van der Waals surface area contributed by atoms with Crippen LogP contribution in [0.1, 0.15) is 24.8 Å². The Balaban J connectivity index is 0.00000175. The van der Waals surface area contributed by atoms with Crippen molar-refractivity contribution in [2.45, 2.75) is 42.9 Å². The molecule has 6 atom stereocenters. The summed E-state index contributed by atoms with van der Waals surface area (Å²) in [5.41, 5.74) is 3.85. The molecular weight excluding hydrogens is 384 g/mol. The molecule has 0 aromatic heterocycles. The van der Waals surface area contributed by atoms with Gasteiger partial charge in [0, 0.05) is 30.0 Å². The summed E-state index contributed by atoms with van der Waals surface area (Å²) in [7, 11) is 3.36. The quantitative estimate of drug-likeness (QED) is 0.684. The normalized spacial score (nSPS) is 39.7. The number of amides is 1. The van der Waals surface area contributed by atoms with Crippen LogP contribution in [0.3, 0.4) is 0 Å². The topological polar surface area (TPSA) is 82.7 Å². The molecule has 7 rings (SSSR count). The van der Waals surface area contributed by atoms with Gasteiger partial charge in [-0.2, -0.15) is 0 Å². The third-order valence-corrected chi connectivity index (χ3v) is 8.81. The van der Waals surface area contributed by atoms with Crippen molar-refractivity contribution in [1.82, 2.24) is 4.90 Å². The van der Waals surface area contributed by atoms with E-state index in [1.807, 2.05) is 6.07 Å². The first-order chi connectivity index (χ1) is 14.2. The van der Waals surface area contributed by atoms with Gasteiger partial charge in [0.05, 0.1) is 45.1 Å². The lowest BCUT2D eigenvalue weighted by atomic mass is 9.53. The van der Waals surface area contributed by atoms with Gasteiger partial charge in [0.25, 0.3) is 0 Å². The molecule has 7 heteroatoms. The van der Waals surface area contributed by atoms with Gasteiger partial charge in [0.2, 0.25) is 5.91 Å². The number of carbonyl (C=O) groups is 1. The fourth-order valence-corrected chi connectivity index (χ4v) is 7.87. The molecule has 5 heterocycles. The third kappa shape index (κ3) is 1.90. The van der Waals surface area contributed by atoms with E-state index in [4.69, 9.17) is 14.2 Å². The number of carbonyl (C=O) groups excluding carboxylic acids is 1. The maximum Gasteiger partial charge on any atom is 0.229 e. The van der Waals surface area contributed by atoms with E-state index >= 15 is 0 Å². The van der Waals surface area contributed by atoms with Gasteiger partial charge in [-0.25, -0.2) is 0 Å². The number of hydrogen-bond donors (Lipinski definition) is 0. The number of nitrogens with zero attached hydrogens (tertiary/aromatic N) is 2. The van der Waals surface area contributed by atoms with Gasteiger partial charge < -0.3 is 24.6 Å². The van der Waals surface area contributed by atoms with Gasteiger partial charge in [0.1, 0.15) is 0 Å². The minimum atomic E-state index is -0.0242. The van der Waals surface area contributed by atoms with Crippen LogP contribution in [0, 0.1) is 11.8 Å². The third-order valence-electron chi connectivity index (χ3n) is 8.81. The van der Waals surface area contributed by atoms with Gasteiger partial charge in [-0.05, 0) is 36.9 Å². The van der Waals surface area contributed by atoms with Crippen molar-refractivity contribution in [3.8, 4) is 11.5 Å². The number of methoxy groups -OCH3 is 2. The summed E-state index contributed by atoms with van der Waals surface area (Å²) in [6.07, 6.45) is 5.11. The number of hydrogen-bond acceptors (Lipinski definition) is 5. The molecule has 1 aliphatic carbocycles. The Kier molecular flexibility index (Phi) is 3.73. The monoisotopic (exact) mass is 412 g/mol. The maximum absolute atomic E-state index is 13.5. The molecule has 1 aromatic carbocycles. The number of fused-ring (bicyclic) bond motifs is 2. The highest BCUT2D eigenvalue weighted by atomic mass is 16.5. The molecule has 7 nitrogen and oxygen atoms in total. The number of piperidine rings is 2. The Labute approximate surface area is 175 Å². The van der Waals surface area contributed by atoms with Crippen molar-refractivity contribution in [3.05, 3.63) is 29.3 Å². The van der Waals surface area contributed by atoms with Crippen LogP contribution in [0.2, 0.25) is 0 Å². The average Bonchev–Trinajstić information content (AvgIpc) is 3.20. The van der Waals surface area contributed by atoms with Crippen LogP contribution in [0.25, 0.3) is 0 Å². The van der Waals surface area contributed by atoms with Gasteiger partial charge in [-0.15, -0.1) is 0 Å². The summed E-state index contributed by atoms with van der Waals surface area (Å²) in [5, 5.41) is 0. The highest BCUT2D eigenvalue weighted by Gasteiger charge is 2.71. The summed E-state index contributed by atoms with van der Waals surface area (Å²) in [5.74, 6) is 2.57. The summed E-state index contributed by atoms with van der Waals surface area (Å²) in [6, 6.07) is 4.87. The fourth-order valence-electron chi connectivity index (χ4n) is 7.87. The smallest absolute Gasteiger partial charge is 0.229 e. The zero-order chi connectivity index (χ0) is 19.5. The van der Waals surface area contributed by atoms with Crippen molar-refractivity contribution in [3.63, 3.8) is 0 Å². The van der Waals surface area contributed by atoms with Crippen molar-refractivity contribution >= 4 is 11.6 Å². The fraction of sp³-hybridized carbons (Fsp3) is 0.609. The number of rotatable bonds is 2. The lowest BCUT2D eigenvalue weighted by Gasteiger charge is -2.58. The molecule has 2 bridgehead atoms. The molecule has 5 aliphatic heterocycles. The van der Waals surface area contributed by atoms with E-state index in [0.29, 0.717) is 36.7 Å². The molecule has 6 aliphatic rings. The second kappa shape index (κ2) is 5.99. The van der Waals surface area contributed by atoms with Crippen LogP contribution in [0.5, 0.6) is 11.5 Å². The second-order valence-electron chi connectivity index (χ2n) is 9.48. The molecule has 1 amide bonds. The van der Waals surface area contributed by atoms with E-state index in [9.17, 15) is 4.79 Å². The van der Waals surface area contributed by atoms with Crippen molar-refractivity contribution in [1.29, 1.82) is 0 Å².